The van der Waals surface area contributed by atoms with Crippen molar-refractivity contribution in [2.75, 3.05) is 12.3 Å². The van der Waals surface area contributed by atoms with Crippen LogP contribution in [-0.4, -0.2) is 35.0 Å². The van der Waals surface area contributed by atoms with Gasteiger partial charge >= 0.3 is 5.97 Å². The second-order valence-electron chi connectivity index (χ2n) is 10.5. The summed E-state index contributed by atoms with van der Waals surface area (Å²) < 4.78 is 20.3. The molecule has 0 aliphatic heterocycles. The average molecular weight is 534 g/mol. The molecule has 7 nitrogen and oxygen atoms in total. The number of rotatable bonds is 11. The predicted octanol–water partition coefficient (Wildman–Crippen LogP) is 4.82. The molecule has 0 bridgehead atoms. The SMILES string of the molecule is CC(C)C[C@H](NCCc1ccc(-n2c(N)c(C(=O)c3ccc(F)cc3)ccc2=O)cc1)C(=O)OC1CCCC1. The summed E-state index contributed by atoms with van der Waals surface area (Å²) in [6.07, 6.45) is 5.55. The lowest BCUT2D eigenvalue weighted by Crippen LogP contribution is -2.41. The molecule has 0 spiro atoms. The first-order valence-electron chi connectivity index (χ1n) is 13.6. The zero-order chi connectivity index (χ0) is 27.9. The minimum Gasteiger partial charge on any atom is -0.461 e. The van der Waals surface area contributed by atoms with Gasteiger partial charge in [0.2, 0.25) is 0 Å². The Bertz CT molecular complexity index is 1340. The van der Waals surface area contributed by atoms with E-state index in [0.29, 0.717) is 31.0 Å². The van der Waals surface area contributed by atoms with Crippen LogP contribution in [0.2, 0.25) is 0 Å². The number of hydrogen-bond acceptors (Lipinski definition) is 6. The van der Waals surface area contributed by atoms with Crippen molar-refractivity contribution in [3.8, 4) is 5.69 Å². The third-order valence-corrected chi connectivity index (χ3v) is 7.06. The van der Waals surface area contributed by atoms with Crippen molar-refractivity contribution in [3.05, 3.63) is 93.5 Å². The first-order valence-corrected chi connectivity index (χ1v) is 13.6. The number of nitrogens with one attached hydrogen (secondary N) is 1. The number of ether oxygens (including phenoxy) is 1. The molecule has 206 valence electrons. The van der Waals surface area contributed by atoms with Crippen LogP contribution in [0, 0.1) is 11.7 Å². The molecule has 0 unspecified atom stereocenters. The Kier molecular flexibility index (Phi) is 9.30. The number of carbonyl (C=O) groups is 2. The van der Waals surface area contributed by atoms with Crippen LogP contribution in [0.5, 0.6) is 0 Å². The molecule has 1 aliphatic rings. The molecule has 1 aliphatic carbocycles. The van der Waals surface area contributed by atoms with E-state index in [2.05, 4.69) is 19.2 Å². The molecular weight excluding hydrogens is 497 g/mol. The Labute approximate surface area is 228 Å². The third kappa shape index (κ3) is 7.20. The number of halogens is 1. The predicted molar refractivity (Wildman–Crippen MR) is 150 cm³/mol. The van der Waals surface area contributed by atoms with Crippen molar-refractivity contribution >= 4 is 17.6 Å². The molecule has 1 aromatic heterocycles. The van der Waals surface area contributed by atoms with Gasteiger partial charge in [-0.2, -0.15) is 0 Å². The summed E-state index contributed by atoms with van der Waals surface area (Å²) in [7, 11) is 0. The number of aromatic nitrogens is 1. The third-order valence-electron chi connectivity index (χ3n) is 7.06. The number of nitrogen functional groups attached to an aromatic ring is 1. The summed E-state index contributed by atoms with van der Waals surface area (Å²) >= 11 is 0. The van der Waals surface area contributed by atoms with E-state index >= 15 is 0 Å². The van der Waals surface area contributed by atoms with Crippen LogP contribution in [0.25, 0.3) is 5.69 Å². The fourth-order valence-electron chi connectivity index (χ4n) is 4.96. The monoisotopic (exact) mass is 533 g/mol. The van der Waals surface area contributed by atoms with Crippen LogP contribution in [0.1, 0.15) is 67.4 Å². The summed E-state index contributed by atoms with van der Waals surface area (Å²) in [5.74, 6) is -0.641. The van der Waals surface area contributed by atoms with Crippen LogP contribution in [0.4, 0.5) is 10.2 Å². The molecule has 39 heavy (non-hydrogen) atoms. The van der Waals surface area contributed by atoms with Crippen molar-refractivity contribution in [2.24, 2.45) is 5.92 Å². The molecule has 3 aromatic rings. The molecule has 3 N–H and O–H groups in total. The molecule has 8 heteroatoms. The van der Waals surface area contributed by atoms with Crippen molar-refractivity contribution in [1.82, 2.24) is 9.88 Å². The van der Waals surface area contributed by atoms with E-state index < -0.39 is 11.6 Å². The van der Waals surface area contributed by atoms with Gasteiger partial charge in [-0.3, -0.25) is 19.0 Å². The van der Waals surface area contributed by atoms with Crippen molar-refractivity contribution in [2.45, 2.75) is 64.5 Å². The Morgan fingerprint density at radius 2 is 1.69 bits per heavy atom. The van der Waals surface area contributed by atoms with Gasteiger partial charge in [0, 0.05) is 11.6 Å². The lowest BCUT2D eigenvalue weighted by Gasteiger charge is -2.22. The van der Waals surface area contributed by atoms with Gasteiger partial charge in [0.25, 0.3) is 5.56 Å². The molecular formula is C31H36FN3O4. The number of esters is 1. The number of anilines is 1. The Morgan fingerprint density at radius 1 is 1.03 bits per heavy atom. The van der Waals surface area contributed by atoms with E-state index in [-0.39, 0.29) is 40.6 Å². The van der Waals surface area contributed by atoms with Gasteiger partial charge in [0.1, 0.15) is 23.8 Å². The minimum absolute atomic E-state index is 0.0172. The number of pyridine rings is 1. The smallest absolute Gasteiger partial charge is 0.323 e. The summed E-state index contributed by atoms with van der Waals surface area (Å²) in [6.45, 7) is 4.78. The van der Waals surface area contributed by atoms with Crippen molar-refractivity contribution in [1.29, 1.82) is 0 Å². The fourth-order valence-corrected chi connectivity index (χ4v) is 4.96. The highest BCUT2D eigenvalue weighted by Crippen LogP contribution is 2.22. The lowest BCUT2D eigenvalue weighted by molar-refractivity contribution is -0.151. The molecule has 1 heterocycles. The standard InChI is InChI=1S/C31H36FN3O4/c1-20(2)19-27(31(38)39-25-5-3-4-6-25)34-18-17-21-7-13-24(14-8-21)35-28(36)16-15-26(30(35)33)29(37)22-9-11-23(32)12-10-22/h7-16,20,25,27,34H,3-6,17-19,33H2,1-2H3/t27-/m0/s1. The maximum Gasteiger partial charge on any atom is 0.323 e. The summed E-state index contributed by atoms with van der Waals surface area (Å²) in [5.41, 5.74) is 7.90. The number of hydrogen-bond donors (Lipinski definition) is 2. The number of nitrogens with two attached hydrogens (primary N) is 1. The molecule has 1 atom stereocenters. The van der Waals surface area contributed by atoms with Gasteiger partial charge in [-0.25, -0.2) is 4.39 Å². The van der Waals surface area contributed by atoms with E-state index in [9.17, 15) is 18.8 Å². The summed E-state index contributed by atoms with van der Waals surface area (Å²) in [5, 5.41) is 3.37. The molecule has 0 saturated heterocycles. The number of nitrogens with zero attached hydrogens (tertiary/aromatic N) is 1. The second kappa shape index (κ2) is 12.8. The Hall–Kier alpha value is -3.78. The highest BCUT2D eigenvalue weighted by atomic mass is 19.1. The molecule has 1 fully saturated rings. The first kappa shape index (κ1) is 28.2. The maximum atomic E-state index is 13.3. The van der Waals surface area contributed by atoms with Crippen molar-refractivity contribution < 1.29 is 18.7 Å². The van der Waals surface area contributed by atoms with E-state index in [4.69, 9.17) is 10.5 Å². The fraction of sp³-hybridized carbons (Fsp3) is 0.387. The topological polar surface area (TPSA) is 103 Å². The largest absolute Gasteiger partial charge is 0.461 e. The molecule has 0 amide bonds. The van der Waals surface area contributed by atoms with Gasteiger partial charge < -0.3 is 15.8 Å². The van der Waals surface area contributed by atoms with Gasteiger partial charge in [-0.15, -0.1) is 0 Å². The first-order chi connectivity index (χ1) is 18.7. The average Bonchev–Trinajstić information content (AvgIpc) is 3.42. The normalized spacial score (nSPS) is 14.5. The molecule has 4 rings (SSSR count). The number of benzene rings is 2. The van der Waals surface area contributed by atoms with E-state index in [1.165, 1.54) is 41.0 Å². The Balaban J connectivity index is 1.42. The lowest BCUT2D eigenvalue weighted by atomic mass is 10.0. The van der Waals surface area contributed by atoms with Crippen LogP contribution in [-0.2, 0) is 16.0 Å². The van der Waals surface area contributed by atoms with Gasteiger partial charge in [-0.05, 0) is 99.0 Å². The number of carbonyl (C=O) groups excluding carboxylic acids is 2. The van der Waals surface area contributed by atoms with Crippen LogP contribution < -0.4 is 16.6 Å². The van der Waals surface area contributed by atoms with Gasteiger partial charge in [-0.1, -0.05) is 26.0 Å². The van der Waals surface area contributed by atoms with Crippen molar-refractivity contribution in [3.63, 3.8) is 0 Å². The summed E-state index contributed by atoms with van der Waals surface area (Å²) in [4.78, 5) is 38.4. The van der Waals surface area contributed by atoms with Crippen LogP contribution in [0.3, 0.4) is 0 Å². The zero-order valence-corrected chi connectivity index (χ0v) is 22.5. The highest BCUT2D eigenvalue weighted by molar-refractivity contribution is 6.11. The van der Waals surface area contributed by atoms with Gasteiger partial charge in [0.15, 0.2) is 5.78 Å². The molecule has 0 radical (unpaired) electrons. The maximum absolute atomic E-state index is 13.3. The van der Waals surface area contributed by atoms with Crippen LogP contribution in [0.15, 0.2) is 65.5 Å². The van der Waals surface area contributed by atoms with Gasteiger partial charge in [0.05, 0.1) is 11.3 Å². The van der Waals surface area contributed by atoms with E-state index in [0.717, 1.165) is 31.2 Å². The van der Waals surface area contributed by atoms with Crippen LogP contribution >= 0.6 is 0 Å². The van der Waals surface area contributed by atoms with E-state index in [1.54, 1.807) is 12.1 Å². The number of ketones is 1. The minimum atomic E-state index is -0.445. The second-order valence-corrected chi connectivity index (χ2v) is 10.5. The van der Waals surface area contributed by atoms with E-state index in [1.807, 2.05) is 12.1 Å². The quantitative estimate of drug-likeness (QED) is 0.271. The molecule has 2 aromatic carbocycles. The zero-order valence-electron chi connectivity index (χ0n) is 22.5. The Morgan fingerprint density at radius 3 is 2.33 bits per heavy atom. The molecule has 1 saturated carbocycles. The summed E-state index contributed by atoms with van der Waals surface area (Å²) in [6, 6.07) is 14.9. The highest BCUT2D eigenvalue weighted by Gasteiger charge is 2.26.